The van der Waals surface area contributed by atoms with Gasteiger partial charge in [0.2, 0.25) is 0 Å². The van der Waals surface area contributed by atoms with E-state index in [0.29, 0.717) is 0 Å². The first-order chi connectivity index (χ1) is 7.72. The van der Waals surface area contributed by atoms with Crippen molar-refractivity contribution in [1.29, 1.82) is 0 Å². The molecule has 0 heterocycles. The molecule has 0 unspecified atom stereocenters. The molecule has 0 amide bonds. The first-order valence-corrected chi connectivity index (χ1v) is 6.51. The van der Waals surface area contributed by atoms with E-state index in [1.807, 2.05) is 0 Å². The van der Waals surface area contributed by atoms with E-state index in [-0.39, 0.29) is 0 Å². The van der Waals surface area contributed by atoms with Gasteiger partial charge < -0.3 is 5.32 Å². The lowest BCUT2D eigenvalue weighted by molar-refractivity contribution is 0.646. The van der Waals surface area contributed by atoms with Crippen molar-refractivity contribution < 1.29 is 0 Å². The number of nitrogens with one attached hydrogen (secondary N) is 1. The topological polar surface area (TPSA) is 12.0 Å². The van der Waals surface area contributed by atoms with E-state index in [0.717, 1.165) is 25.4 Å². The zero-order valence-electron chi connectivity index (χ0n) is 10.9. The van der Waals surface area contributed by atoms with Gasteiger partial charge in [0.15, 0.2) is 0 Å². The highest BCUT2D eigenvalue weighted by Crippen LogP contribution is 2.09. The Balaban J connectivity index is 2.33. The Labute approximate surface area is 100 Å². The zero-order valence-corrected chi connectivity index (χ0v) is 10.9. The number of hydrogen-bond donors (Lipinski definition) is 1. The van der Waals surface area contributed by atoms with Gasteiger partial charge in [-0.2, -0.15) is 0 Å². The molecule has 0 spiro atoms. The Morgan fingerprint density at radius 3 is 2.19 bits per heavy atom. The summed E-state index contributed by atoms with van der Waals surface area (Å²) in [5, 5.41) is 3.43. The molecule has 0 atom stereocenters. The van der Waals surface area contributed by atoms with Gasteiger partial charge in [0.1, 0.15) is 0 Å². The lowest BCUT2D eigenvalue weighted by Gasteiger charge is -2.07. The van der Waals surface area contributed by atoms with Crippen molar-refractivity contribution >= 4 is 0 Å². The highest BCUT2D eigenvalue weighted by Gasteiger charge is 1.98. The summed E-state index contributed by atoms with van der Waals surface area (Å²) in [6, 6.07) is 9.08. The monoisotopic (exact) mass is 219 g/mol. The van der Waals surface area contributed by atoms with Gasteiger partial charge in [0, 0.05) is 0 Å². The van der Waals surface area contributed by atoms with Crippen LogP contribution in [-0.4, -0.2) is 13.1 Å². The normalized spacial score (nSPS) is 11.0. The highest BCUT2D eigenvalue weighted by atomic mass is 14.8. The molecular formula is C15H25N. The summed E-state index contributed by atoms with van der Waals surface area (Å²) in [7, 11) is 0. The second-order valence-electron chi connectivity index (χ2n) is 4.91. The lowest BCUT2D eigenvalue weighted by Crippen LogP contribution is -2.17. The van der Waals surface area contributed by atoms with Crippen molar-refractivity contribution in [3.63, 3.8) is 0 Å². The number of rotatable bonds is 7. The number of hydrogen-bond acceptors (Lipinski definition) is 1. The van der Waals surface area contributed by atoms with Crippen LogP contribution in [0.3, 0.4) is 0 Å². The van der Waals surface area contributed by atoms with Crippen LogP contribution in [0.5, 0.6) is 0 Å². The van der Waals surface area contributed by atoms with Crippen molar-refractivity contribution in [2.75, 3.05) is 13.1 Å². The third kappa shape index (κ3) is 5.32. The van der Waals surface area contributed by atoms with Crippen molar-refractivity contribution in [3.8, 4) is 0 Å². The SMILES string of the molecule is CCCNCCc1ccc(CC(C)C)cc1. The molecule has 0 saturated heterocycles. The summed E-state index contributed by atoms with van der Waals surface area (Å²) in [5.74, 6) is 0.747. The standard InChI is InChI=1S/C15H25N/c1-4-10-16-11-9-14-5-7-15(8-6-14)12-13(2)3/h5-8,13,16H,4,9-12H2,1-3H3. The van der Waals surface area contributed by atoms with E-state index in [2.05, 4.69) is 50.4 Å². The predicted molar refractivity (Wildman–Crippen MR) is 71.8 cm³/mol. The summed E-state index contributed by atoms with van der Waals surface area (Å²) in [4.78, 5) is 0. The predicted octanol–water partition coefficient (Wildman–Crippen LogP) is 3.43. The zero-order chi connectivity index (χ0) is 11.8. The second-order valence-corrected chi connectivity index (χ2v) is 4.91. The maximum atomic E-state index is 3.43. The van der Waals surface area contributed by atoms with E-state index in [1.54, 1.807) is 0 Å². The third-order valence-corrected chi connectivity index (χ3v) is 2.68. The van der Waals surface area contributed by atoms with E-state index in [9.17, 15) is 0 Å². The first kappa shape index (κ1) is 13.2. The van der Waals surface area contributed by atoms with Crippen LogP contribution in [0.2, 0.25) is 0 Å². The molecule has 0 aliphatic rings. The summed E-state index contributed by atoms with van der Waals surface area (Å²) < 4.78 is 0. The second kappa shape index (κ2) is 7.45. The van der Waals surface area contributed by atoms with E-state index < -0.39 is 0 Å². The van der Waals surface area contributed by atoms with Gasteiger partial charge in [-0.3, -0.25) is 0 Å². The van der Waals surface area contributed by atoms with Crippen LogP contribution in [0.1, 0.15) is 38.3 Å². The van der Waals surface area contributed by atoms with Crippen LogP contribution in [-0.2, 0) is 12.8 Å². The van der Waals surface area contributed by atoms with Crippen molar-refractivity contribution in [2.45, 2.75) is 40.0 Å². The molecule has 1 nitrogen and oxygen atoms in total. The lowest BCUT2D eigenvalue weighted by atomic mass is 10.0. The molecule has 1 aromatic carbocycles. The van der Waals surface area contributed by atoms with Gasteiger partial charge in [0.05, 0.1) is 0 Å². The van der Waals surface area contributed by atoms with E-state index >= 15 is 0 Å². The first-order valence-electron chi connectivity index (χ1n) is 6.51. The molecule has 0 saturated carbocycles. The Kier molecular flexibility index (Phi) is 6.17. The molecule has 1 rings (SSSR count). The molecule has 16 heavy (non-hydrogen) atoms. The van der Waals surface area contributed by atoms with E-state index in [1.165, 1.54) is 24.0 Å². The van der Waals surface area contributed by atoms with Crippen molar-refractivity contribution in [2.24, 2.45) is 5.92 Å². The Morgan fingerprint density at radius 1 is 1.00 bits per heavy atom. The fourth-order valence-corrected chi connectivity index (χ4v) is 1.85. The van der Waals surface area contributed by atoms with Crippen molar-refractivity contribution in [1.82, 2.24) is 5.32 Å². The van der Waals surface area contributed by atoms with Crippen LogP contribution in [0.15, 0.2) is 24.3 Å². The molecule has 0 aromatic heterocycles. The minimum absolute atomic E-state index is 0.747. The molecule has 0 bridgehead atoms. The molecule has 0 radical (unpaired) electrons. The van der Waals surface area contributed by atoms with Crippen LogP contribution in [0, 0.1) is 5.92 Å². The number of benzene rings is 1. The average molecular weight is 219 g/mol. The fraction of sp³-hybridized carbons (Fsp3) is 0.600. The maximum Gasteiger partial charge on any atom is -0.000835 e. The fourth-order valence-electron chi connectivity index (χ4n) is 1.85. The molecule has 0 aliphatic carbocycles. The Morgan fingerprint density at radius 2 is 1.62 bits per heavy atom. The maximum absolute atomic E-state index is 3.43. The van der Waals surface area contributed by atoms with Crippen LogP contribution in [0.25, 0.3) is 0 Å². The van der Waals surface area contributed by atoms with Crippen LogP contribution < -0.4 is 5.32 Å². The Hall–Kier alpha value is -0.820. The van der Waals surface area contributed by atoms with Gasteiger partial charge in [-0.25, -0.2) is 0 Å². The molecule has 0 aliphatic heterocycles. The highest BCUT2D eigenvalue weighted by molar-refractivity contribution is 5.23. The molecule has 1 heteroatoms. The van der Waals surface area contributed by atoms with Gasteiger partial charge in [0.25, 0.3) is 0 Å². The molecule has 1 aromatic rings. The Bertz CT molecular complexity index is 274. The summed E-state index contributed by atoms with van der Waals surface area (Å²) in [6.45, 7) is 8.96. The average Bonchev–Trinajstić information content (AvgIpc) is 2.26. The van der Waals surface area contributed by atoms with Gasteiger partial charge >= 0.3 is 0 Å². The van der Waals surface area contributed by atoms with Crippen molar-refractivity contribution in [3.05, 3.63) is 35.4 Å². The van der Waals surface area contributed by atoms with Gasteiger partial charge in [-0.1, -0.05) is 45.0 Å². The van der Waals surface area contributed by atoms with Crippen LogP contribution >= 0.6 is 0 Å². The molecule has 90 valence electrons. The molecule has 1 N–H and O–H groups in total. The summed E-state index contributed by atoms with van der Waals surface area (Å²) in [5.41, 5.74) is 2.90. The van der Waals surface area contributed by atoms with E-state index in [4.69, 9.17) is 0 Å². The third-order valence-electron chi connectivity index (χ3n) is 2.68. The minimum atomic E-state index is 0.747. The smallest absolute Gasteiger partial charge is 0.000835 e. The largest absolute Gasteiger partial charge is 0.316 e. The van der Waals surface area contributed by atoms with Gasteiger partial charge in [-0.15, -0.1) is 0 Å². The van der Waals surface area contributed by atoms with Crippen LogP contribution in [0.4, 0.5) is 0 Å². The van der Waals surface area contributed by atoms with Gasteiger partial charge in [-0.05, 0) is 49.4 Å². The quantitative estimate of drug-likeness (QED) is 0.693. The summed E-state index contributed by atoms with van der Waals surface area (Å²) >= 11 is 0. The molecular weight excluding hydrogens is 194 g/mol. The minimum Gasteiger partial charge on any atom is -0.316 e. The summed E-state index contributed by atoms with van der Waals surface area (Å²) in [6.07, 6.45) is 3.55. The molecule has 0 fully saturated rings.